The molecule has 0 aliphatic carbocycles. The molecule has 1 atom stereocenters. The van der Waals surface area contributed by atoms with E-state index in [1.807, 2.05) is 0 Å². The van der Waals surface area contributed by atoms with Gasteiger partial charge in [0.05, 0.1) is 0 Å². The van der Waals surface area contributed by atoms with Crippen molar-refractivity contribution in [2.75, 3.05) is 38.0 Å². The SMILES string of the molecule is CN(C)c1ccc(C(CCl)N2CCCCC2)cc1. The first-order valence-corrected chi connectivity index (χ1v) is 7.33. The molecule has 0 aromatic heterocycles. The van der Waals surface area contributed by atoms with E-state index in [9.17, 15) is 0 Å². The summed E-state index contributed by atoms with van der Waals surface area (Å²) in [4.78, 5) is 4.65. The molecule has 1 fully saturated rings. The lowest BCUT2D eigenvalue weighted by atomic mass is 10.0. The Morgan fingerprint density at radius 3 is 2.22 bits per heavy atom. The third-order valence-electron chi connectivity index (χ3n) is 3.77. The average Bonchev–Trinajstić information content (AvgIpc) is 2.41. The minimum absolute atomic E-state index is 0.378. The van der Waals surface area contributed by atoms with E-state index < -0.39 is 0 Å². The Hall–Kier alpha value is -0.730. The van der Waals surface area contributed by atoms with Crippen molar-refractivity contribution in [2.45, 2.75) is 25.3 Å². The zero-order valence-electron chi connectivity index (χ0n) is 11.4. The number of rotatable bonds is 4. The fourth-order valence-electron chi connectivity index (χ4n) is 2.62. The maximum Gasteiger partial charge on any atom is 0.0483 e. The van der Waals surface area contributed by atoms with Crippen molar-refractivity contribution in [1.82, 2.24) is 4.90 Å². The molecule has 0 bridgehead atoms. The Labute approximate surface area is 116 Å². The van der Waals surface area contributed by atoms with Crippen molar-refractivity contribution < 1.29 is 0 Å². The van der Waals surface area contributed by atoms with E-state index in [4.69, 9.17) is 11.6 Å². The number of halogens is 1. The Balaban J connectivity index is 2.11. The minimum Gasteiger partial charge on any atom is -0.378 e. The maximum absolute atomic E-state index is 6.19. The molecule has 0 radical (unpaired) electrons. The van der Waals surface area contributed by atoms with Crippen molar-refractivity contribution in [3.63, 3.8) is 0 Å². The van der Waals surface area contributed by atoms with Crippen LogP contribution < -0.4 is 4.90 Å². The summed E-state index contributed by atoms with van der Waals surface area (Å²) in [5.41, 5.74) is 2.59. The molecule has 1 aliphatic heterocycles. The van der Waals surface area contributed by atoms with Crippen LogP contribution in [0, 0.1) is 0 Å². The van der Waals surface area contributed by atoms with Crippen LogP contribution in [-0.2, 0) is 0 Å². The number of likely N-dealkylation sites (tertiary alicyclic amines) is 1. The van der Waals surface area contributed by atoms with Crippen LogP contribution in [0.3, 0.4) is 0 Å². The highest BCUT2D eigenvalue weighted by atomic mass is 35.5. The topological polar surface area (TPSA) is 6.48 Å². The lowest BCUT2D eigenvalue weighted by Gasteiger charge is -2.33. The van der Waals surface area contributed by atoms with Crippen LogP contribution in [0.5, 0.6) is 0 Å². The summed E-state index contributed by atoms with van der Waals surface area (Å²) in [7, 11) is 4.14. The predicted octanol–water partition coefficient (Wildman–Crippen LogP) is 3.52. The second-order valence-corrected chi connectivity index (χ2v) is 5.56. The minimum atomic E-state index is 0.378. The van der Waals surface area contributed by atoms with E-state index in [-0.39, 0.29) is 0 Å². The van der Waals surface area contributed by atoms with Crippen LogP contribution in [0.15, 0.2) is 24.3 Å². The average molecular weight is 267 g/mol. The van der Waals surface area contributed by atoms with Crippen LogP contribution in [0.2, 0.25) is 0 Å². The molecule has 1 unspecified atom stereocenters. The fourth-order valence-corrected chi connectivity index (χ4v) is 3.00. The Morgan fingerprint density at radius 1 is 1.11 bits per heavy atom. The Morgan fingerprint density at radius 2 is 1.72 bits per heavy atom. The van der Waals surface area contributed by atoms with Gasteiger partial charge in [-0.3, -0.25) is 4.90 Å². The number of piperidine rings is 1. The van der Waals surface area contributed by atoms with Crippen molar-refractivity contribution in [1.29, 1.82) is 0 Å². The highest BCUT2D eigenvalue weighted by Crippen LogP contribution is 2.27. The monoisotopic (exact) mass is 266 g/mol. The van der Waals surface area contributed by atoms with Crippen LogP contribution in [0.4, 0.5) is 5.69 Å². The van der Waals surface area contributed by atoms with Gasteiger partial charge >= 0.3 is 0 Å². The third kappa shape index (κ3) is 3.18. The number of hydrogen-bond acceptors (Lipinski definition) is 2. The summed E-state index contributed by atoms with van der Waals surface area (Å²) < 4.78 is 0. The highest BCUT2D eigenvalue weighted by molar-refractivity contribution is 6.18. The molecule has 0 saturated carbocycles. The number of nitrogens with zero attached hydrogens (tertiary/aromatic N) is 2. The van der Waals surface area contributed by atoms with Crippen LogP contribution in [0.25, 0.3) is 0 Å². The molecule has 18 heavy (non-hydrogen) atoms. The molecule has 2 nitrogen and oxygen atoms in total. The van der Waals surface area contributed by atoms with Gasteiger partial charge < -0.3 is 4.90 Å². The van der Waals surface area contributed by atoms with Crippen molar-refractivity contribution in [2.24, 2.45) is 0 Å². The molecule has 1 aliphatic rings. The summed E-state index contributed by atoms with van der Waals surface area (Å²) in [5.74, 6) is 0.682. The van der Waals surface area contributed by atoms with E-state index >= 15 is 0 Å². The molecule has 2 rings (SSSR count). The molecule has 100 valence electrons. The van der Waals surface area contributed by atoms with Crippen LogP contribution in [-0.4, -0.2) is 38.0 Å². The standard InChI is InChI=1S/C15H23ClN2/c1-17(2)14-8-6-13(7-9-14)15(12-16)18-10-4-3-5-11-18/h6-9,15H,3-5,10-12H2,1-2H3. The summed E-state index contributed by atoms with van der Waals surface area (Å²) in [6.07, 6.45) is 3.98. The number of hydrogen-bond donors (Lipinski definition) is 0. The molecule has 0 spiro atoms. The fraction of sp³-hybridized carbons (Fsp3) is 0.600. The van der Waals surface area contributed by atoms with Gasteiger partial charge in [-0.2, -0.15) is 0 Å². The second-order valence-electron chi connectivity index (χ2n) is 5.25. The summed E-state index contributed by atoms with van der Waals surface area (Å²) in [5, 5.41) is 0. The van der Waals surface area contributed by atoms with Gasteiger partial charge in [-0.15, -0.1) is 11.6 Å². The molecular formula is C15H23ClN2. The molecule has 3 heteroatoms. The first kappa shape index (κ1) is 13.7. The molecule has 1 saturated heterocycles. The van der Waals surface area contributed by atoms with Crippen molar-refractivity contribution in [3.05, 3.63) is 29.8 Å². The van der Waals surface area contributed by atoms with Gasteiger partial charge in [0, 0.05) is 31.7 Å². The Bertz CT molecular complexity index is 355. The predicted molar refractivity (Wildman–Crippen MR) is 79.7 cm³/mol. The van der Waals surface area contributed by atoms with Gasteiger partial charge in [0.25, 0.3) is 0 Å². The van der Waals surface area contributed by atoms with Crippen molar-refractivity contribution in [3.8, 4) is 0 Å². The zero-order chi connectivity index (χ0) is 13.0. The number of anilines is 1. The van der Waals surface area contributed by atoms with Crippen LogP contribution in [0.1, 0.15) is 30.9 Å². The summed E-state index contributed by atoms with van der Waals surface area (Å²) in [6, 6.07) is 9.18. The normalized spacial score (nSPS) is 18.6. The van der Waals surface area contributed by atoms with Gasteiger partial charge in [0.2, 0.25) is 0 Å². The molecule has 1 aromatic rings. The Kier molecular flexibility index (Phi) is 4.90. The first-order valence-electron chi connectivity index (χ1n) is 6.79. The van der Waals surface area contributed by atoms with Gasteiger partial charge in [-0.1, -0.05) is 18.6 Å². The third-order valence-corrected chi connectivity index (χ3v) is 4.06. The van der Waals surface area contributed by atoms with E-state index in [0.717, 1.165) is 0 Å². The summed E-state index contributed by atoms with van der Waals surface area (Å²) in [6.45, 7) is 2.37. The van der Waals surface area contributed by atoms with Gasteiger partial charge in [-0.05, 0) is 43.6 Å². The lowest BCUT2D eigenvalue weighted by molar-refractivity contribution is 0.177. The van der Waals surface area contributed by atoms with Gasteiger partial charge in [0.1, 0.15) is 0 Å². The lowest BCUT2D eigenvalue weighted by Crippen LogP contribution is -2.34. The van der Waals surface area contributed by atoms with Gasteiger partial charge in [0.15, 0.2) is 0 Å². The quantitative estimate of drug-likeness (QED) is 0.770. The zero-order valence-corrected chi connectivity index (χ0v) is 12.2. The van der Waals surface area contributed by atoms with E-state index in [1.165, 1.54) is 43.6 Å². The molecule has 0 amide bonds. The van der Waals surface area contributed by atoms with Gasteiger partial charge in [-0.25, -0.2) is 0 Å². The maximum atomic E-state index is 6.19. The van der Waals surface area contributed by atoms with E-state index in [2.05, 4.69) is 48.2 Å². The van der Waals surface area contributed by atoms with E-state index in [1.54, 1.807) is 0 Å². The number of benzene rings is 1. The van der Waals surface area contributed by atoms with Crippen LogP contribution >= 0.6 is 11.6 Å². The summed E-state index contributed by atoms with van der Waals surface area (Å²) >= 11 is 6.19. The van der Waals surface area contributed by atoms with E-state index in [0.29, 0.717) is 11.9 Å². The second kappa shape index (κ2) is 6.44. The molecule has 1 heterocycles. The molecular weight excluding hydrogens is 244 g/mol. The first-order chi connectivity index (χ1) is 8.72. The highest BCUT2D eigenvalue weighted by Gasteiger charge is 2.21. The molecule has 1 aromatic carbocycles. The molecule has 0 N–H and O–H groups in total. The van der Waals surface area contributed by atoms with Crippen molar-refractivity contribution >= 4 is 17.3 Å². The number of alkyl halides is 1. The smallest absolute Gasteiger partial charge is 0.0483 e. The largest absolute Gasteiger partial charge is 0.378 e.